The molecule has 0 aliphatic heterocycles. The lowest BCUT2D eigenvalue weighted by atomic mass is 10.3. The minimum atomic E-state index is -0.0999. The second-order valence-corrected chi connectivity index (χ2v) is 6.50. The summed E-state index contributed by atoms with van der Waals surface area (Å²) >= 11 is 11.8. The van der Waals surface area contributed by atoms with E-state index in [1.165, 1.54) is 0 Å². The van der Waals surface area contributed by atoms with Crippen molar-refractivity contribution in [3.05, 3.63) is 58.5 Å². The van der Waals surface area contributed by atoms with E-state index in [2.05, 4.69) is 10.3 Å². The molecule has 1 amide bonds. The molecule has 0 aliphatic carbocycles. The van der Waals surface area contributed by atoms with Crippen LogP contribution in [0.15, 0.2) is 42.7 Å². The van der Waals surface area contributed by atoms with E-state index in [0.29, 0.717) is 53.1 Å². The number of ether oxygens (including phenoxy) is 1. The van der Waals surface area contributed by atoms with Crippen LogP contribution >= 0.6 is 23.2 Å². The molecule has 8 heteroatoms. The Balaban J connectivity index is 1.42. The number of benzene rings is 1. The molecule has 0 saturated carbocycles. The summed E-state index contributed by atoms with van der Waals surface area (Å²) in [4.78, 5) is 16.2. The van der Waals surface area contributed by atoms with Crippen molar-refractivity contribution in [1.29, 1.82) is 0 Å². The van der Waals surface area contributed by atoms with Gasteiger partial charge in [-0.1, -0.05) is 23.2 Å². The zero-order valence-corrected chi connectivity index (χ0v) is 15.3. The summed E-state index contributed by atoms with van der Waals surface area (Å²) in [6, 6.07) is 8.29. The molecule has 0 spiro atoms. The maximum absolute atomic E-state index is 11.9. The van der Waals surface area contributed by atoms with Crippen molar-refractivity contribution < 1.29 is 14.6 Å². The highest BCUT2D eigenvalue weighted by Crippen LogP contribution is 2.27. The molecule has 6 nitrogen and oxygen atoms in total. The fourth-order valence-corrected chi connectivity index (χ4v) is 2.88. The molecule has 136 valence electrons. The highest BCUT2D eigenvalue weighted by atomic mass is 35.5. The van der Waals surface area contributed by atoms with E-state index >= 15 is 0 Å². The van der Waals surface area contributed by atoms with Gasteiger partial charge in [0, 0.05) is 23.8 Å². The predicted molar refractivity (Wildman–Crippen MR) is 99.9 cm³/mol. The van der Waals surface area contributed by atoms with Gasteiger partial charge in [-0.05, 0) is 36.8 Å². The lowest BCUT2D eigenvalue weighted by molar-refractivity contribution is -0.121. The van der Waals surface area contributed by atoms with Gasteiger partial charge < -0.3 is 19.6 Å². The van der Waals surface area contributed by atoms with Gasteiger partial charge in [0.25, 0.3) is 0 Å². The predicted octanol–water partition coefficient (Wildman–Crippen LogP) is 3.82. The minimum absolute atomic E-state index is 0.0999. The van der Waals surface area contributed by atoms with Gasteiger partial charge in [0.15, 0.2) is 11.4 Å². The van der Waals surface area contributed by atoms with Crippen molar-refractivity contribution in [2.24, 2.45) is 0 Å². The highest BCUT2D eigenvalue weighted by Gasteiger charge is 2.08. The molecule has 0 saturated heterocycles. The Bertz CT molecular complexity index is 927. The number of rotatable bonds is 7. The Kier molecular flexibility index (Phi) is 5.85. The molecule has 3 aromatic rings. The minimum Gasteiger partial charge on any atom is -0.504 e. The third kappa shape index (κ3) is 4.59. The molecule has 1 aromatic carbocycles. The molecule has 0 atom stereocenters. The number of halogens is 2. The van der Waals surface area contributed by atoms with Crippen LogP contribution in [0.4, 0.5) is 0 Å². The Hall–Kier alpha value is -2.44. The van der Waals surface area contributed by atoms with Gasteiger partial charge in [-0.3, -0.25) is 4.79 Å². The van der Waals surface area contributed by atoms with Gasteiger partial charge in [0.05, 0.1) is 23.9 Å². The second-order valence-electron chi connectivity index (χ2n) is 5.66. The average molecular weight is 394 g/mol. The van der Waals surface area contributed by atoms with Crippen LogP contribution < -0.4 is 10.1 Å². The molecule has 0 unspecified atom stereocenters. The zero-order chi connectivity index (χ0) is 18.5. The van der Waals surface area contributed by atoms with E-state index in [1.54, 1.807) is 47.1 Å². The van der Waals surface area contributed by atoms with E-state index in [-0.39, 0.29) is 11.7 Å². The quantitative estimate of drug-likeness (QED) is 0.598. The Morgan fingerprint density at radius 1 is 1.31 bits per heavy atom. The summed E-state index contributed by atoms with van der Waals surface area (Å²) in [6.07, 6.45) is 4.42. The summed E-state index contributed by atoms with van der Waals surface area (Å²) in [5.41, 5.74) is 1.13. The summed E-state index contributed by atoms with van der Waals surface area (Å²) in [6.45, 7) is 0.667. The van der Waals surface area contributed by atoms with E-state index in [9.17, 15) is 9.90 Å². The van der Waals surface area contributed by atoms with Crippen LogP contribution in [0.2, 0.25) is 10.0 Å². The fourth-order valence-electron chi connectivity index (χ4n) is 2.42. The topological polar surface area (TPSA) is 75.9 Å². The molecule has 2 N–H and O–H groups in total. The van der Waals surface area contributed by atoms with Gasteiger partial charge in [-0.25, -0.2) is 4.98 Å². The third-order valence-corrected chi connectivity index (χ3v) is 4.21. The number of carbonyl (C=O) groups is 1. The van der Waals surface area contributed by atoms with Gasteiger partial charge in [0.2, 0.25) is 5.91 Å². The standard InChI is InChI=1S/C18H17Cl2N3O3/c19-12-5-6-16(14(20)9-12)26-8-2-4-17(25)21-10-13-11-23-7-1-3-15(24)18(23)22-13/h1,3,5-7,9,11,24H,2,4,8,10H2,(H,21,25). The molecule has 3 rings (SSSR count). The Labute approximate surface area is 160 Å². The number of hydrogen-bond acceptors (Lipinski definition) is 4. The molecule has 0 fully saturated rings. The van der Waals surface area contributed by atoms with Crippen molar-refractivity contribution in [2.75, 3.05) is 6.61 Å². The van der Waals surface area contributed by atoms with Crippen LogP contribution in [0.3, 0.4) is 0 Å². The molecule has 2 aromatic heterocycles. The Morgan fingerprint density at radius 3 is 2.92 bits per heavy atom. The van der Waals surface area contributed by atoms with E-state index in [0.717, 1.165) is 0 Å². The molecule has 0 bridgehead atoms. The molecule has 26 heavy (non-hydrogen) atoms. The number of pyridine rings is 1. The Morgan fingerprint density at radius 2 is 2.15 bits per heavy atom. The van der Waals surface area contributed by atoms with Crippen LogP contribution in [0.5, 0.6) is 11.5 Å². The number of hydrogen-bond donors (Lipinski definition) is 2. The monoisotopic (exact) mass is 393 g/mol. The smallest absolute Gasteiger partial charge is 0.220 e. The largest absolute Gasteiger partial charge is 0.504 e. The lowest BCUT2D eigenvalue weighted by Crippen LogP contribution is -2.23. The molecule has 0 radical (unpaired) electrons. The first-order valence-corrected chi connectivity index (χ1v) is 8.78. The number of nitrogens with one attached hydrogen (secondary N) is 1. The summed E-state index contributed by atoms with van der Waals surface area (Å²) in [5.74, 6) is 0.543. The lowest BCUT2D eigenvalue weighted by Gasteiger charge is -2.08. The van der Waals surface area contributed by atoms with Gasteiger partial charge in [-0.2, -0.15) is 0 Å². The van der Waals surface area contributed by atoms with Crippen molar-refractivity contribution in [3.63, 3.8) is 0 Å². The van der Waals surface area contributed by atoms with E-state index in [4.69, 9.17) is 27.9 Å². The summed E-state index contributed by atoms with van der Waals surface area (Å²) < 4.78 is 7.25. The van der Waals surface area contributed by atoms with Gasteiger partial charge in [-0.15, -0.1) is 0 Å². The number of aromatic hydroxyl groups is 1. The van der Waals surface area contributed by atoms with Crippen LogP contribution in [0.1, 0.15) is 18.5 Å². The number of carbonyl (C=O) groups excluding carboxylic acids is 1. The normalized spacial score (nSPS) is 10.8. The number of amides is 1. The first kappa shape index (κ1) is 18.4. The maximum Gasteiger partial charge on any atom is 0.220 e. The highest BCUT2D eigenvalue weighted by molar-refractivity contribution is 6.35. The maximum atomic E-state index is 11.9. The van der Waals surface area contributed by atoms with Crippen molar-refractivity contribution in [3.8, 4) is 11.5 Å². The third-order valence-electron chi connectivity index (χ3n) is 3.68. The van der Waals surface area contributed by atoms with Gasteiger partial charge >= 0.3 is 0 Å². The van der Waals surface area contributed by atoms with Crippen LogP contribution in [-0.4, -0.2) is 27.0 Å². The second kappa shape index (κ2) is 8.29. The first-order chi connectivity index (χ1) is 12.5. The number of aromatic nitrogens is 2. The number of imidazole rings is 1. The summed E-state index contributed by atoms with van der Waals surface area (Å²) in [5, 5.41) is 13.5. The number of fused-ring (bicyclic) bond motifs is 1. The molecule has 2 heterocycles. The molecular formula is C18H17Cl2N3O3. The fraction of sp³-hybridized carbons (Fsp3) is 0.222. The zero-order valence-electron chi connectivity index (χ0n) is 13.8. The van der Waals surface area contributed by atoms with E-state index in [1.807, 2.05) is 0 Å². The van der Waals surface area contributed by atoms with Crippen LogP contribution in [-0.2, 0) is 11.3 Å². The van der Waals surface area contributed by atoms with Crippen LogP contribution in [0.25, 0.3) is 5.65 Å². The number of nitrogens with zero attached hydrogens (tertiary/aromatic N) is 2. The first-order valence-electron chi connectivity index (χ1n) is 8.03. The van der Waals surface area contributed by atoms with Gasteiger partial charge in [0.1, 0.15) is 5.75 Å². The molecular weight excluding hydrogens is 377 g/mol. The average Bonchev–Trinajstić information content (AvgIpc) is 3.03. The summed E-state index contributed by atoms with van der Waals surface area (Å²) in [7, 11) is 0. The SMILES string of the molecule is O=C(CCCOc1ccc(Cl)cc1Cl)NCc1cn2cccc(O)c2n1. The van der Waals surface area contributed by atoms with Crippen molar-refractivity contribution in [1.82, 2.24) is 14.7 Å². The van der Waals surface area contributed by atoms with Crippen LogP contribution in [0, 0.1) is 0 Å². The van der Waals surface area contributed by atoms with Crippen molar-refractivity contribution in [2.45, 2.75) is 19.4 Å². The van der Waals surface area contributed by atoms with Crippen molar-refractivity contribution >= 4 is 34.8 Å². The van der Waals surface area contributed by atoms with E-state index < -0.39 is 0 Å². The molecule has 0 aliphatic rings.